The van der Waals surface area contributed by atoms with E-state index in [4.69, 9.17) is 37.4 Å². The molecule has 0 aliphatic rings. The summed E-state index contributed by atoms with van der Waals surface area (Å²) in [5, 5.41) is 14.4. The van der Waals surface area contributed by atoms with Crippen molar-refractivity contribution in [3.63, 3.8) is 0 Å². The van der Waals surface area contributed by atoms with Crippen molar-refractivity contribution in [2.24, 2.45) is 5.41 Å². The maximum Gasteiger partial charge on any atom is 0.187 e. The zero-order chi connectivity index (χ0) is 25.0. The van der Waals surface area contributed by atoms with Gasteiger partial charge < -0.3 is 24.4 Å². The van der Waals surface area contributed by atoms with E-state index in [1.54, 1.807) is 19.2 Å². The second kappa shape index (κ2) is 10.6. The van der Waals surface area contributed by atoms with E-state index in [1.807, 2.05) is 26.2 Å². The second-order valence-corrected chi connectivity index (χ2v) is 9.75. The van der Waals surface area contributed by atoms with Gasteiger partial charge in [-0.25, -0.2) is 0 Å². The Balaban J connectivity index is 2.06. The van der Waals surface area contributed by atoms with Gasteiger partial charge in [0.05, 0.1) is 47.8 Å². The Labute approximate surface area is 210 Å². The molecule has 0 fully saturated rings. The molecule has 0 saturated carbocycles. The van der Waals surface area contributed by atoms with Crippen molar-refractivity contribution in [1.29, 1.82) is 5.26 Å². The first-order valence-electron chi connectivity index (χ1n) is 10.6. The maximum atomic E-state index is 9.73. The number of pyridine rings is 1. The molecule has 0 bridgehead atoms. The number of benzene rings is 2. The highest BCUT2D eigenvalue weighted by Crippen LogP contribution is 2.41. The summed E-state index contributed by atoms with van der Waals surface area (Å²) < 4.78 is 17.1. The summed E-state index contributed by atoms with van der Waals surface area (Å²) in [6.45, 7) is 5.65. The number of hydrogen-bond donors (Lipinski definition) is 1. The average molecular weight is 503 g/mol. The average Bonchev–Trinajstić information content (AvgIpc) is 2.78. The van der Waals surface area contributed by atoms with Gasteiger partial charge in [-0.15, -0.1) is 0 Å². The third kappa shape index (κ3) is 5.58. The molecular formula is C25H28Cl2N4O3. The molecule has 0 saturated heterocycles. The molecule has 2 aromatic carbocycles. The van der Waals surface area contributed by atoms with Gasteiger partial charge in [-0.3, -0.25) is 4.98 Å². The number of nitriles is 1. The summed E-state index contributed by atoms with van der Waals surface area (Å²) >= 11 is 12.6. The Kier molecular flexibility index (Phi) is 7.98. The molecule has 34 heavy (non-hydrogen) atoms. The number of ether oxygens (including phenoxy) is 3. The second-order valence-electron chi connectivity index (χ2n) is 8.93. The minimum absolute atomic E-state index is 0.0708. The van der Waals surface area contributed by atoms with Crippen LogP contribution < -0.4 is 19.5 Å². The minimum Gasteiger partial charge on any atom is -0.495 e. The van der Waals surface area contributed by atoms with Crippen LogP contribution in [-0.4, -0.2) is 51.4 Å². The summed E-state index contributed by atoms with van der Waals surface area (Å²) in [6, 6.07) is 9.12. The third-order valence-electron chi connectivity index (χ3n) is 5.15. The van der Waals surface area contributed by atoms with Crippen LogP contribution in [0, 0.1) is 16.7 Å². The number of aromatic nitrogens is 1. The van der Waals surface area contributed by atoms with Crippen molar-refractivity contribution in [3.8, 4) is 23.3 Å². The normalized spacial score (nSPS) is 11.4. The molecule has 7 nitrogen and oxygen atoms in total. The summed E-state index contributed by atoms with van der Waals surface area (Å²) in [5.41, 5.74) is 1.91. The van der Waals surface area contributed by atoms with Crippen LogP contribution in [0.3, 0.4) is 0 Å². The highest BCUT2D eigenvalue weighted by molar-refractivity contribution is 6.37. The number of methoxy groups -OCH3 is 2. The van der Waals surface area contributed by atoms with Gasteiger partial charge >= 0.3 is 0 Å². The highest BCUT2D eigenvalue weighted by Gasteiger charge is 2.23. The SMILES string of the molecule is COc1cc(Nc2c(C#N)cnc3c(OC)c(OCC(C)(C)CN(C)C)ccc23)c(Cl)cc1Cl. The molecule has 0 amide bonds. The van der Waals surface area contributed by atoms with Gasteiger partial charge in [0.25, 0.3) is 0 Å². The first-order valence-corrected chi connectivity index (χ1v) is 11.3. The molecular weight excluding hydrogens is 475 g/mol. The van der Waals surface area contributed by atoms with Crippen LogP contribution in [-0.2, 0) is 0 Å². The van der Waals surface area contributed by atoms with E-state index in [0.717, 1.165) is 6.54 Å². The van der Waals surface area contributed by atoms with Gasteiger partial charge in [0.2, 0.25) is 0 Å². The number of hydrogen-bond acceptors (Lipinski definition) is 7. The lowest BCUT2D eigenvalue weighted by Gasteiger charge is -2.28. The molecule has 3 rings (SSSR count). The zero-order valence-corrected chi connectivity index (χ0v) is 21.6. The lowest BCUT2D eigenvalue weighted by Crippen LogP contribution is -2.33. The number of halogens is 2. The predicted molar refractivity (Wildman–Crippen MR) is 137 cm³/mol. The van der Waals surface area contributed by atoms with Gasteiger partial charge in [-0.05, 0) is 32.3 Å². The summed E-state index contributed by atoms with van der Waals surface area (Å²) in [5.74, 6) is 1.53. The Bertz CT molecular complexity index is 1240. The first kappa shape index (κ1) is 25.7. The molecule has 180 valence electrons. The molecule has 0 radical (unpaired) electrons. The summed E-state index contributed by atoms with van der Waals surface area (Å²) in [6.07, 6.45) is 1.49. The van der Waals surface area contributed by atoms with Gasteiger partial charge in [-0.1, -0.05) is 37.0 Å². The number of nitrogens with zero attached hydrogens (tertiary/aromatic N) is 3. The minimum atomic E-state index is -0.0708. The number of fused-ring (bicyclic) bond motifs is 1. The number of nitrogens with one attached hydrogen (secondary N) is 1. The molecule has 0 aliphatic carbocycles. The molecule has 1 heterocycles. The zero-order valence-electron chi connectivity index (χ0n) is 20.1. The molecule has 0 aliphatic heterocycles. The smallest absolute Gasteiger partial charge is 0.187 e. The molecule has 1 aromatic heterocycles. The molecule has 0 spiro atoms. The molecule has 3 aromatic rings. The highest BCUT2D eigenvalue weighted by atomic mass is 35.5. The predicted octanol–water partition coefficient (Wildman–Crippen LogP) is 6.14. The van der Waals surface area contributed by atoms with Crippen molar-refractivity contribution >= 4 is 45.5 Å². The van der Waals surface area contributed by atoms with E-state index in [2.05, 4.69) is 35.1 Å². The Hall–Kier alpha value is -2.92. The lowest BCUT2D eigenvalue weighted by molar-refractivity contribution is 0.138. The van der Waals surface area contributed by atoms with Crippen molar-refractivity contribution in [1.82, 2.24) is 9.88 Å². The Morgan fingerprint density at radius 3 is 2.44 bits per heavy atom. The fraction of sp³-hybridized carbons (Fsp3) is 0.360. The van der Waals surface area contributed by atoms with E-state index in [-0.39, 0.29) is 5.41 Å². The summed E-state index contributed by atoms with van der Waals surface area (Å²) in [4.78, 5) is 6.62. The van der Waals surface area contributed by atoms with Gasteiger partial charge in [0.15, 0.2) is 11.5 Å². The lowest BCUT2D eigenvalue weighted by atomic mass is 9.94. The molecule has 1 N–H and O–H groups in total. The third-order valence-corrected chi connectivity index (χ3v) is 5.75. The van der Waals surface area contributed by atoms with Crippen LogP contribution in [0.5, 0.6) is 17.2 Å². The van der Waals surface area contributed by atoms with Gasteiger partial charge in [-0.2, -0.15) is 5.26 Å². The molecule has 0 atom stereocenters. The van der Waals surface area contributed by atoms with Crippen LogP contribution in [0.4, 0.5) is 11.4 Å². The van der Waals surface area contributed by atoms with E-state index >= 15 is 0 Å². The van der Waals surface area contributed by atoms with Crippen molar-refractivity contribution in [2.45, 2.75) is 13.8 Å². The van der Waals surface area contributed by atoms with Gasteiger partial charge in [0, 0.05) is 29.6 Å². The van der Waals surface area contributed by atoms with Crippen molar-refractivity contribution < 1.29 is 14.2 Å². The van der Waals surface area contributed by atoms with Crippen LogP contribution in [0.1, 0.15) is 19.4 Å². The van der Waals surface area contributed by atoms with Crippen molar-refractivity contribution in [2.75, 3.05) is 46.8 Å². The van der Waals surface area contributed by atoms with Crippen LogP contribution in [0.15, 0.2) is 30.5 Å². The topological polar surface area (TPSA) is 79.6 Å². The standard InChI is InChI=1S/C25H28Cl2N4O3/c1-25(2,13-31(3)4)14-34-20-8-7-16-22(15(11-28)12-29-23(16)24(20)33-6)30-19-10-21(32-5)18(27)9-17(19)26/h7-10,12H,13-14H2,1-6H3,(H,29,30). The quantitative estimate of drug-likeness (QED) is 0.376. The molecule has 0 unspecified atom stereocenters. The van der Waals surface area contributed by atoms with Crippen molar-refractivity contribution in [3.05, 3.63) is 46.1 Å². The van der Waals surface area contributed by atoms with Gasteiger partial charge in [0.1, 0.15) is 17.3 Å². The van der Waals surface area contributed by atoms with Crippen LogP contribution >= 0.6 is 23.2 Å². The fourth-order valence-electron chi connectivity index (χ4n) is 3.84. The van der Waals surface area contributed by atoms with E-state index < -0.39 is 0 Å². The summed E-state index contributed by atoms with van der Waals surface area (Å²) in [7, 11) is 7.16. The van der Waals surface area contributed by atoms with Crippen LogP contribution in [0.25, 0.3) is 10.9 Å². The fourth-order valence-corrected chi connectivity index (χ4v) is 4.35. The first-order chi connectivity index (χ1) is 16.1. The van der Waals surface area contributed by atoms with E-state index in [9.17, 15) is 5.26 Å². The van der Waals surface area contributed by atoms with E-state index in [0.29, 0.717) is 61.7 Å². The largest absolute Gasteiger partial charge is 0.495 e. The molecule has 9 heteroatoms. The Morgan fingerprint density at radius 1 is 1.09 bits per heavy atom. The number of rotatable bonds is 9. The maximum absolute atomic E-state index is 9.73. The van der Waals surface area contributed by atoms with E-state index in [1.165, 1.54) is 13.3 Å². The number of anilines is 2. The Morgan fingerprint density at radius 2 is 1.82 bits per heavy atom. The van der Waals surface area contributed by atoms with Crippen LogP contribution in [0.2, 0.25) is 10.0 Å². The monoisotopic (exact) mass is 502 g/mol.